The van der Waals surface area contributed by atoms with Crippen molar-refractivity contribution in [3.63, 3.8) is 0 Å². The first-order valence-electron chi connectivity index (χ1n) is 19.4. The molecule has 1 saturated carbocycles. The van der Waals surface area contributed by atoms with Crippen LogP contribution >= 0.6 is 0 Å². The van der Waals surface area contributed by atoms with Crippen LogP contribution in [0, 0.1) is 0 Å². The molecule has 58 heavy (non-hydrogen) atoms. The Balaban J connectivity index is 0.000000199. The summed E-state index contributed by atoms with van der Waals surface area (Å²) in [5.74, 6) is -1.35. The number of carbonyl (C=O) groups is 4. The van der Waals surface area contributed by atoms with Gasteiger partial charge in [-0.3, -0.25) is 34.1 Å². The van der Waals surface area contributed by atoms with Gasteiger partial charge in [0.15, 0.2) is 11.3 Å². The fraction of sp³-hybridized carbons (Fsp3) is 0.513. The molecule has 3 aliphatic rings. The molecule has 3 fully saturated rings. The van der Waals surface area contributed by atoms with Crippen molar-refractivity contribution in [3.05, 3.63) is 60.3 Å². The molecule has 7 rings (SSSR count). The lowest BCUT2D eigenvalue weighted by molar-refractivity contribution is -0.134. The molecule has 0 bridgehead atoms. The topological polar surface area (TPSA) is 153 Å². The maximum absolute atomic E-state index is 13.4. The van der Waals surface area contributed by atoms with E-state index < -0.39 is 36.4 Å². The van der Waals surface area contributed by atoms with Crippen LogP contribution in [0.1, 0.15) is 86.3 Å². The lowest BCUT2D eigenvalue weighted by atomic mass is 9.96. The van der Waals surface area contributed by atoms with Crippen molar-refractivity contribution in [1.82, 2.24) is 34.6 Å². The quantitative estimate of drug-likeness (QED) is 0.109. The Hall–Kier alpha value is -5.59. The Morgan fingerprint density at radius 1 is 1.02 bits per heavy atom. The summed E-state index contributed by atoms with van der Waals surface area (Å²) in [6.07, 6.45) is 8.65. The van der Waals surface area contributed by atoms with Gasteiger partial charge in [0.05, 0.1) is 41.5 Å². The lowest BCUT2D eigenvalue weighted by Gasteiger charge is -2.40. The number of benzene rings is 1. The second-order valence-corrected chi connectivity index (χ2v) is 15.0. The van der Waals surface area contributed by atoms with Gasteiger partial charge in [-0.25, -0.2) is 27.1 Å². The molecule has 1 aliphatic carbocycles. The maximum Gasteiger partial charge on any atom is 0.284 e. The molecule has 19 heteroatoms. The van der Waals surface area contributed by atoms with Gasteiger partial charge in [0, 0.05) is 58.2 Å². The van der Waals surface area contributed by atoms with Crippen molar-refractivity contribution < 1.29 is 36.7 Å². The summed E-state index contributed by atoms with van der Waals surface area (Å²) < 4.78 is 55.3. The second kappa shape index (κ2) is 18.8. The van der Waals surface area contributed by atoms with E-state index in [4.69, 9.17) is 0 Å². The summed E-state index contributed by atoms with van der Waals surface area (Å²) >= 11 is 0. The zero-order valence-electron chi connectivity index (χ0n) is 32.7. The van der Waals surface area contributed by atoms with E-state index in [1.807, 2.05) is 31.1 Å². The Morgan fingerprint density at radius 3 is 2.41 bits per heavy atom. The zero-order chi connectivity index (χ0) is 41.5. The van der Waals surface area contributed by atoms with E-state index in [2.05, 4.69) is 30.7 Å². The van der Waals surface area contributed by atoms with Crippen molar-refractivity contribution in [2.75, 3.05) is 60.8 Å². The highest BCUT2D eigenvalue weighted by atomic mass is 19.3. The molecule has 4 amide bonds. The van der Waals surface area contributed by atoms with Crippen molar-refractivity contribution in [3.8, 4) is 0 Å². The largest absolute Gasteiger partial charge is 0.374 e. The predicted octanol–water partition coefficient (Wildman–Crippen LogP) is 5.31. The normalized spacial score (nSPS) is 18.0. The molecule has 2 saturated heterocycles. The molecule has 2 N–H and O–H groups in total. The number of nitrogens with one attached hydrogen (secondary N) is 2. The van der Waals surface area contributed by atoms with E-state index in [0.29, 0.717) is 30.8 Å². The number of fused-ring (bicyclic) bond motifs is 1. The Labute approximate surface area is 333 Å². The van der Waals surface area contributed by atoms with Crippen LogP contribution in [0.4, 0.5) is 40.3 Å². The molecular formula is C39H49F4N11O4. The number of imide groups is 1. The summed E-state index contributed by atoms with van der Waals surface area (Å²) in [4.78, 5) is 59.9. The predicted molar refractivity (Wildman–Crippen MR) is 210 cm³/mol. The van der Waals surface area contributed by atoms with E-state index in [1.54, 1.807) is 41.2 Å². The maximum atomic E-state index is 13.4. The monoisotopic (exact) mass is 811 g/mol. The van der Waals surface area contributed by atoms with Gasteiger partial charge in [-0.2, -0.15) is 10.2 Å². The molecule has 312 valence electrons. The number of aromatic nitrogens is 5. The van der Waals surface area contributed by atoms with Gasteiger partial charge in [-0.15, -0.1) is 0 Å². The molecule has 3 aromatic heterocycles. The average molecular weight is 812 g/mol. The summed E-state index contributed by atoms with van der Waals surface area (Å²) in [5.41, 5.74) is 2.51. The minimum Gasteiger partial charge on any atom is -0.374 e. The first-order chi connectivity index (χ1) is 27.9. The highest BCUT2D eigenvalue weighted by molar-refractivity contribution is 6.08. The summed E-state index contributed by atoms with van der Waals surface area (Å²) in [5, 5.41) is 12.9. The lowest BCUT2D eigenvalue weighted by Crippen LogP contribution is -2.52. The Kier molecular flexibility index (Phi) is 13.6. The first-order valence-corrected chi connectivity index (χ1v) is 19.4. The molecule has 4 aromatic rings. The third kappa shape index (κ3) is 9.57. The van der Waals surface area contributed by atoms with E-state index in [9.17, 15) is 36.7 Å². The molecule has 15 nitrogen and oxygen atoms in total. The standard InChI is InChI=1S/C22H31F2N5O3.C17H18F2N6O/c1-26(2)21-16(28-11-9-15(10-12-28)27(3)13-19(23)24)5-4-6-17(21)29(14-30)18-7-8-20(31)25-22(18)32;18-15(19)14-13(10-25(23-14)11-5-2-1-3-6-11)22-17(26)12-9-21-24-8-4-7-20-16(12)24/h4-6,14-15,18-19H,7-13H2,1-3H3,(H,25,31,32);4,7-11,15H,1-3,5-6H2,(H,22,26). The smallest absolute Gasteiger partial charge is 0.284 e. The van der Waals surface area contributed by atoms with Crippen LogP contribution in [0.5, 0.6) is 0 Å². The molecule has 1 atom stereocenters. The van der Waals surface area contributed by atoms with Crippen LogP contribution in [0.15, 0.2) is 49.1 Å². The van der Waals surface area contributed by atoms with Gasteiger partial charge < -0.3 is 20.0 Å². The van der Waals surface area contributed by atoms with Crippen LogP contribution in [-0.4, -0.2) is 113 Å². The molecule has 1 unspecified atom stereocenters. The fourth-order valence-corrected chi connectivity index (χ4v) is 7.97. The summed E-state index contributed by atoms with van der Waals surface area (Å²) in [6, 6.07) is 6.73. The highest BCUT2D eigenvalue weighted by Crippen LogP contribution is 2.40. The molecule has 0 radical (unpaired) electrons. The van der Waals surface area contributed by atoms with E-state index >= 15 is 0 Å². The minimum atomic E-state index is -2.77. The SMILES string of the molecule is CN(C)c1c(N2CCC(N(C)CC(F)F)CC2)cccc1N(C=O)C1CCC(=O)NC1=O.O=C(Nc1cn(C2CCCCC2)nc1C(F)F)c1cnn2cccnc12. The number of nitrogens with zero attached hydrogens (tertiary/aromatic N) is 9. The van der Waals surface area contributed by atoms with Crippen molar-refractivity contribution >= 4 is 52.5 Å². The number of hydrogen-bond acceptors (Lipinski definition) is 10. The van der Waals surface area contributed by atoms with Crippen LogP contribution < -0.4 is 25.3 Å². The van der Waals surface area contributed by atoms with Gasteiger partial charge in [0.25, 0.3) is 18.8 Å². The van der Waals surface area contributed by atoms with E-state index in [-0.39, 0.29) is 48.6 Å². The third-order valence-corrected chi connectivity index (χ3v) is 10.9. The van der Waals surface area contributed by atoms with Gasteiger partial charge in [-0.1, -0.05) is 25.3 Å². The van der Waals surface area contributed by atoms with E-state index in [1.165, 1.54) is 21.8 Å². The van der Waals surface area contributed by atoms with Crippen molar-refractivity contribution in [2.24, 2.45) is 0 Å². The van der Waals surface area contributed by atoms with Crippen LogP contribution in [-0.2, 0) is 14.4 Å². The number of anilines is 4. The van der Waals surface area contributed by atoms with Gasteiger partial charge >= 0.3 is 0 Å². The third-order valence-electron chi connectivity index (χ3n) is 10.9. The molecular weight excluding hydrogens is 762 g/mol. The highest BCUT2D eigenvalue weighted by Gasteiger charge is 2.35. The number of para-hydroxylation sites is 1. The van der Waals surface area contributed by atoms with Gasteiger partial charge in [0.1, 0.15) is 11.6 Å². The molecule has 2 aliphatic heterocycles. The second-order valence-electron chi connectivity index (χ2n) is 15.0. The Morgan fingerprint density at radius 2 is 1.76 bits per heavy atom. The molecule has 5 heterocycles. The average Bonchev–Trinajstić information content (AvgIpc) is 3.84. The fourth-order valence-electron chi connectivity index (χ4n) is 7.97. The molecule has 0 spiro atoms. The van der Waals surface area contributed by atoms with E-state index in [0.717, 1.165) is 56.3 Å². The van der Waals surface area contributed by atoms with Crippen LogP contribution in [0.3, 0.4) is 0 Å². The van der Waals surface area contributed by atoms with Gasteiger partial charge in [0.2, 0.25) is 18.2 Å². The first kappa shape index (κ1) is 42.0. The minimum absolute atomic E-state index is 0.0332. The number of piperidine rings is 2. The summed E-state index contributed by atoms with van der Waals surface area (Å²) in [6.45, 7) is 1.16. The van der Waals surface area contributed by atoms with Gasteiger partial charge in [-0.05, 0) is 57.4 Å². The van der Waals surface area contributed by atoms with Crippen molar-refractivity contribution in [1.29, 1.82) is 0 Å². The Bertz CT molecular complexity index is 2060. The number of carbonyl (C=O) groups excluding carboxylic acids is 4. The van der Waals surface area contributed by atoms with Crippen molar-refractivity contribution in [2.45, 2.75) is 88.8 Å². The number of alkyl halides is 4. The number of halogens is 4. The van der Waals surface area contributed by atoms with Crippen LogP contribution in [0.2, 0.25) is 0 Å². The number of rotatable bonds is 12. The summed E-state index contributed by atoms with van der Waals surface area (Å²) in [7, 11) is 5.48. The van der Waals surface area contributed by atoms with Crippen LogP contribution in [0.25, 0.3) is 5.65 Å². The molecule has 1 aromatic carbocycles. The zero-order valence-corrected chi connectivity index (χ0v) is 32.7. The number of amides is 4. The number of hydrogen-bond donors (Lipinski definition) is 2.